The van der Waals surface area contributed by atoms with Gasteiger partial charge in [-0.2, -0.15) is 0 Å². The second-order valence-electron chi connectivity index (χ2n) is 8.58. The Balaban J connectivity index is 1.69. The van der Waals surface area contributed by atoms with Gasteiger partial charge in [-0.3, -0.25) is 14.6 Å². The number of carbonyl (C=O) groups is 1. The van der Waals surface area contributed by atoms with Crippen LogP contribution >= 0.6 is 0 Å². The second kappa shape index (κ2) is 11.6. The molecule has 0 unspecified atom stereocenters. The van der Waals surface area contributed by atoms with Gasteiger partial charge in [0, 0.05) is 64.1 Å². The van der Waals surface area contributed by atoms with Crippen LogP contribution in [0.5, 0.6) is 0 Å². The number of amides is 1. The van der Waals surface area contributed by atoms with E-state index in [1.807, 2.05) is 11.0 Å². The highest BCUT2D eigenvalue weighted by Crippen LogP contribution is 2.23. The summed E-state index contributed by atoms with van der Waals surface area (Å²) in [6, 6.07) is 0.736. The molecule has 28 heavy (non-hydrogen) atoms. The molecule has 0 aromatic heterocycles. The highest BCUT2D eigenvalue weighted by molar-refractivity contribution is 5.78. The maximum atomic E-state index is 12.7. The predicted octanol–water partition coefficient (Wildman–Crippen LogP) is 1.75. The molecule has 2 aliphatic rings. The summed E-state index contributed by atoms with van der Waals surface area (Å²) in [6.07, 6.45) is 8.05. The largest absolute Gasteiger partial charge is 0.401 e. The molecule has 0 radical (unpaired) electrons. The monoisotopic (exact) mass is 391 g/mol. The fourth-order valence-electron chi connectivity index (χ4n) is 3.73. The summed E-state index contributed by atoms with van der Waals surface area (Å²) in [4.78, 5) is 21.8. The van der Waals surface area contributed by atoms with Crippen molar-refractivity contribution in [1.29, 1.82) is 0 Å². The molecule has 1 saturated carbocycles. The number of carbonyl (C=O) groups excluding carboxylic acids is 1. The van der Waals surface area contributed by atoms with E-state index >= 15 is 0 Å². The van der Waals surface area contributed by atoms with Crippen molar-refractivity contribution in [3.63, 3.8) is 0 Å². The quantitative estimate of drug-likeness (QED) is 0.575. The molecule has 6 nitrogen and oxygen atoms in total. The first-order valence-corrected chi connectivity index (χ1v) is 10.9. The average molecular weight is 392 g/mol. The average Bonchev–Trinajstić information content (AvgIpc) is 2.60. The molecule has 0 spiro atoms. The number of hydrogen-bond donors (Lipinski definition) is 1. The van der Waals surface area contributed by atoms with Crippen LogP contribution < -0.4 is 5.73 Å². The summed E-state index contributed by atoms with van der Waals surface area (Å²) < 4.78 is 0. The Bertz CT molecular complexity index is 543. The van der Waals surface area contributed by atoms with Crippen LogP contribution in [0.25, 0.3) is 0 Å². The molecule has 2 rings (SSSR count). The summed E-state index contributed by atoms with van der Waals surface area (Å²) in [5.41, 5.74) is 8.27. The number of rotatable bonds is 10. The number of allylic oxidation sites excluding steroid dienone is 3. The summed E-state index contributed by atoms with van der Waals surface area (Å²) in [5, 5.41) is 0. The van der Waals surface area contributed by atoms with Gasteiger partial charge in [-0.25, -0.2) is 0 Å². The van der Waals surface area contributed by atoms with Gasteiger partial charge in [-0.1, -0.05) is 18.1 Å². The van der Waals surface area contributed by atoms with E-state index in [9.17, 15) is 4.79 Å². The SMILES string of the molecule is CCN(CCN(C)C1CCC1)C(=O)CN1CCN(C/C(N)=C/C=C(C)C)CC1. The van der Waals surface area contributed by atoms with Crippen molar-refractivity contribution in [2.45, 2.75) is 46.1 Å². The van der Waals surface area contributed by atoms with Crippen LogP contribution in [-0.4, -0.2) is 97.5 Å². The third-order valence-electron chi connectivity index (χ3n) is 6.02. The number of nitrogens with zero attached hydrogens (tertiary/aromatic N) is 4. The molecular formula is C22H41N5O. The zero-order chi connectivity index (χ0) is 20.5. The van der Waals surface area contributed by atoms with Gasteiger partial charge in [-0.05, 0) is 46.7 Å². The van der Waals surface area contributed by atoms with Crippen LogP contribution in [0.15, 0.2) is 23.4 Å². The lowest BCUT2D eigenvalue weighted by molar-refractivity contribution is -0.133. The number of likely N-dealkylation sites (N-methyl/N-ethyl adjacent to an activating group) is 2. The van der Waals surface area contributed by atoms with E-state index in [0.29, 0.717) is 6.54 Å². The highest BCUT2D eigenvalue weighted by atomic mass is 16.2. The van der Waals surface area contributed by atoms with E-state index in [2.05, 4.69) is 48.6 Å². The van der Waals surface area contributed by atoms with Gasteiger partial charge in [0.15, 0.2) is 0 Å². The number of piperazine rings is 1. The summed E-state index contributed by atoms with van der Waals surface area (Å²) in [7, 11) is 2.19. The van der Waals surface area contributed by atoms with E-state index < -0.39 is 0 Å². The Morgan fingerprint density at radius 1 is 1.04 bits per heavy atom. The van der Waals surface area contributed by atoms with E-state index in [4.69, 9.17) is 5.73 Å². The minimum atomic E-state index is 0.265. The van der Waals surface area contributed by atoms with Crippen LogP contribution in [0.2, 0.25) is 0 Å². The molecule has 6 heteroatoms. The van der Waals surface area contributed by atoms with Gasteiger partial charge < -0.3 is 15.5 Å². The van der Waals surface area contributed by atoms with Crippen molar-refractivity contribution in [1.82, 2.24) is 19.6 Å². The minimum absolute atomic E-state index is 0.265. The lowest BCUT2D eigenvalue weighted by atomic mass is 9.92. The van der Waals surface area contributed by atoms with E-state index in [-0.39, 0.29) is 5.91 Å². The second-order valence-corrected chi connectivity index (χ2v) is 8.58. The molecule has 1 aliphatic carbocycles. The molecule has 0 aromatic carbocycles. The van der Waals surface area contributed by atoms with Gasteiger partial charge in [-0.15, -0.1) is 0 Å². The molecule has 160 valence electrons. The van der Waals surface area contributed by atoms with Crippen LogP contribution in [0.1, 0.15) is 40.0 Å². The molecule has 0 aromatic rings. The normalized spacial score (nSPS) is 19.5. The Morgan fingerprint density at radius 3 is 2.14 bits per heavy atom. The van der Waals surface area contributed by atoms with Crippen molar-refractivity contribution in [3.8, 4) is 0 Å². The molecule has 1 heterocycles. The third-order valence-corrected chi connectivity index (χ3v) is 6.02. The maximum Gasteiger partial charge on any atom is 0.236 e. The van der Waals surface area contributed by atoms with Crippen LogP contribution in [-0.2, 0) is 4.79 Å². The topological polar surface area (TPSA) is 56.0 Å². The fourth-order valence-corrected chi connectivity index (χ4v) is 3.73. The molecule has 1 saturated heterocycles. The van der Waals surface area contributed by atoms with E-state index in [1.165, 1.54) is 24.8 Å². The van der Waals surface area contributed by atoms with Gasteiger partial charge in [0.1, 0.15) is 0 Å². The van der Waals surface area contributed by atoms with E-state index in [0.717, 1.165) is 64.1 Å². The number of hydrogen-bond acceptors (Lipinski definition) is 5. The lowest BCUT2D eigenvalue weighted by Gasteiger charge is -2.37. The Morgan fingerprint density at radius 2 is 1.64 bits per heavy atom. The smallest absolute Gasteiger partial charge is 0.236 e. The molecule has 1 aliphatic heterocycles. The first-order chi connectivity index (χ1) is 13.4. The maximum absolute atomic E-state index is 12.7. The van der Waals surface area contributed by atoms with Gasteiger partial charge in [0.2, 0.25) is 5.91 Å². The molecule has 0 bridgehead atoms. The van der Waals surface area contributed by atoms with Crippen molar-refractivity contribution in [2.75, 3.05) is 66.0 Å². The van der Waals surface area contributed by atoms with Crippen LogP contribution in [0.3, 0.4) is 0 Å². The van der Waals surface area contributed by atoms with Crippen molar-refractivity contribution in [3.05, 3.63) is 23.4 Å². The summed E-state index contributed by atoms with van der Waals surface area (Å²) >= 11 is 0. The number of nitrogens with two attached hydrogens (primary N) is 1. The van der Waals surface area contributed by atoms with Crippen molar-refractivity contribution < 1.29 is 4.79 Å². The highest BCUT2D eigenvalue weighted by Gasteiger charge is 2.24. The summed E-state index contributed by atoms with van der Waals surface area (Å²) in [5.74, 6) is 0.265. The predicted molar refractivity (Wildman–Crippen MR) is 117 cm³/mol. The first-order valence-electron chi connectivity index (χ1n) is 10.9. The van der Waals surface area contributed by atoms with Gasteiger partial charge >= 0.3 is 0 Å². The zero-order valence-electron chi connectivity index (χ0n) is 18.5. The van der Waals surface area contributed by atoms with Crippen molar-refractivity contribution in [2.24, 2.45) is 5.73 Å². The summed E-state index contributed by atoms with van der Waals surface area (Å²) in [6.45, 7) is 14.0. The lowest BCUT2D eigenvalue weighted by Crippen LogP contribution is -2.51. The molecule has 2 fully saturated rings. The van der Waals surface area contributed by atoms with Gasteiger partial charge in [0.25, 0.3) is 0 Å². The zero-order valence-corrected chi connectivity index (χ0v) is 18.5. The third kappa shape index (κ3) is 7.57. The minimum Gasteiger partial charge on any atom is -0.401 e. The van der Waals surface area contributed by atoms with Crippen LogP contribution in [0, 0.1) is 0 Å². The van der Waals surface area contributed by atoms with Crippen molar-refractivity contribution >= 4 is 5.91 Å². The Labute approximate surface area is 172 Å². The van der Waals surface area contributed by atoms with E-state index in [1.54, 1.807) is 0 Å². The molecule has 2 N–H and O–H groups in total. The van der Waals surface area contributed by atoms with Gasteiger partial charge in [0.05, 0.1) is 6.54 Å². The molecule has 1 amide bonds. The Kier molecular flexibility index (Phi) is 9.48. The standard InChI is InChI=1S/C22H41N5O/c1-5-27(16-11-24(4)21-7-6-8-21)22(28)18-26-14-12-25(13-15-26)17-20(23)10-9-19(2)3/h9-10,21H,5-8,11-18,23H2,1-4H3/b20-10-. The Hall–Kier alpha value is -1.37. The molecular weight excluding hydrogens is 350 g/mol. The van der Waals surface area contributed by atoms with Crippen LogP contribution in [0.4, 0.5) is 0 Å². The molecule has 0 atom stereocenters. The first kappa shape index (κ1) is 22.9. The fraction of sp³-hybridized carbons (Fsp3) is 0.773.